The summed E-state index contributed by atoms with van der Waals surface area (Å²) in [7, 11) is 0. The molecule has 136 valence electrons. The first-order valence-corrected chi connectivity index (χ1v) is 9.46. The lowest BCUT2D eigenvalue weighted by atomic mass is 10.1. The van der Waals surface area contributed by atoms with Gasteiger partial charge in [0.15, 0.2) is 0 Å². The third-order valence-electron chi connectivity index (χ3n) is 4.29. The average Bonchev–Trinajstić information content (AvgIpc) is 3.16. The molecule has 0 fully saturated rings. The van der Waals surface area contributed by atoms with Gasteiger partial charge in [-0.25, -0.2) is 0 Å². The highest BCUT2D eigenvalue weighted by molar-refractivity contribution is 7.09. The summed E-state index contributed by atoms with van der Waals surface area (Å²) in [6, 6.07) is 11.1. The summed E-state index contributed by atoms with van der Waals surface area (Å²) >= 11 is 1.61. The molecule has 1 aromatic heterocycles. The van der Waals surface area contributed by atoms with Gasteiger partial charge in [0, 0.05) is 24.3 Å². The van der Waals surface area contributed by atoms with Crippen molar-refractivity contribution in [3.05, 3.63) is 46.7 Å². The number of nitrogens with zero attached hydrogens (tertiary/aromatic N) is 2. The molecule has 0 saturated carbocycles. The Kier molecular flexibility index (Phi) is 5.68. The zero-order valence-electron chi connectivity index (χ0n) is 14.6. The van der Waals surface area contributed by atoms with Gasteiger partial charge >= 0.3 is 0 Å². The predicted octanol–water partition coefficient (Wildman–Crippen LogP) is 2.86. The molecule has 3 rings (SSSR count). The lowest BCUT2D eigenvalue weighted by Crippen LogP contribution is -2.42. The maximum atomic E-state index is 12.6. The third kappa shape index (κ3) is 4.11. The molecule has 3 amide bonds. The molecule has 26 heavy (non-hydrogen) atoms. The van der Waals surface area contributed by atoms with Gasteiger partial charge in [-0.1, -0.05) is 18.2 Å². The van der Waals surface area contributed by atoms with Crippen LogP contribution in [-0.2, 0) is 20.9 Å². The van der Waals surface area contributed by atoms with Crippen molar-refractivity contribution >= 4 is 40.4 Å². The lowest BCUT2D eigenvalue weighted by Gasteiger charge is -2.29. The molecular formula is C19H21N3O3S. The number of anilines is 2. The average molecular weight is 371 g/mol. The summed E-state index contributed by atoms with van der Waals surface area (Å²) in [5.74, 6) is -0.493. The summed E-state index contributed by atoms with van der Waals surface area (Å²) in [6.45, 7) is 3.07. The Balaban J connectivity index is 1.61. The number of fused-ring (bicyclic) bond motifs is 1. The number of hydrogen-bond donors (Lipinski definition) is 1. The minimum atomic E-state index is -0.226. The van der Waals surface area contributed by atoms with Crippen molar-refractivity contribution in [2.45, 2.75) is 26.3 Å². The Labute approximate surface area is 156 Å². The van der Waals surface area contributed by atoms with Gasteiger partial charge in [0.05, 0.1) is 17.9 Å². The van der Waals surface area contributed by atoms with Crippen LogP contribution in [0.3, 0.4) is 0 Å². The number of benzene rings is 1. The second-order valence-corrected chi connectivity index (χ2v) is 7.06. The van der Waals surface area contributed by atoms with Gasteiger partial charge in [-0.2, -0.15) is 0 Å². The van der Waals surface area contributed by atoms with Crippen LogP contribution in [0.5, 0.6) is 0 Å². The van der Waals surface area contributed by atoms with Crippen LogP contribution in [0.25, 0.3) is 0 Å². The monoisotopic (exact) mass is 371 g/mol. The van der Waals surface area contributed by atoms with Gasteiger partial charge in [0.1, 0.15) is 6.54 Å². The van der Waals surface area contributed by atoms with Crippen LogP contribution in [0.4, 0.5) is 11.4 Å². The van der Waals surface area contributed by atoms with Gasteiger partial charge in [-0.05, 0) is 30.5 Å². The molecule has 0 bridgehead atoms. The Hall–Kier alpha value is -2.67. The van der Waals surface area contributed by atoms with Crippen molar-refractivity contribution in [2.75, 3.05) is 23.3 Å². The number of nitrogens with one attached hydrogen (secondary N) is 1. The smallest absolute Gasteiger partial charge is 0.244 e. The summed E-state index contributed by atoms with van der Waals surface area (Å²) in [5, 5.41) is 4.74. The zero-order valence-corrected chi connectivity index (χ0v) is 15.4. The van der Waals surface area contributed by atoms with E-state index >= 15 is 0 Å². The van der Waals surface area contributed by atoms with Crippen LogP contribution in [0.1, 0.15) is 24.6 Å². The van der Waals surface area contributed by atoms with Crippen LogP contribution in [-0.4, -0.2) is 35.7 Å². The number of hydrogen-bond acceptors (Lipinski definition) is 4. The molecule has 1 aliphatic rings. The molecule has 6 nitrogen and oxygen atoms in total. The standard InChI is InChI=1S/C19H21N3O3S/c1-2-21(12-14-6-5-11-26-14)18(24)9-10-19(25)22-13-17(23)20-15-7-3-4-8-16(15)22/h3-8,11H,2,9-10,12-13H2,1H3,(H,20,23). The van der Waals surface area contributed by atoms with Crippen molar-refractivity contribution in [3.8, 4) is 0 Å². The van der Waals surface area contributed by atoms with E-state index in [9.17, 15) is 14.4 Å². The molecule has 0 saturated heterocycles. The van der Waals surface area contributed by atoms with Gasteiger partial charge < -0.3 is 15.1 Å². The molecule has 1 aliphatic heterocycles. The normalized spacial score (nSPS) is 13.1. The first-order chi connectivity index (χ1) is 12.6. The fourth-order valence-electron chi connectivity index (χ4n) is 2.93. The van der Waals surface area contributed by atoms with Gasteiger partial charge in [-0.3, -0.25) is 14.4 Å². The molecular weight excluding hydrogens is 350 g/mol. The Morgan fingerprint density at radius 3 is 2.73 bits per heavy atom. The number of rotatable bonds is 6. The quantitative estimate of drug-likeness (QED) is 0.849. The molecule has 0 aliphatic carbocycles. The molecule has 1 N–H and O–H groups in total. The summed E-state index contributed by atoms with van der Waals surface area (Å²) < 4.78 is 0. The largest absolute Gasteiger partial charge is 0.338 e. The molecule has 0 unspecified atom stereocenters. The molecule has 0 atom stereocenters. The number of para-hydroxylation sites is 2. The Morgan fingerprint density at radius 1 is 1.19 bits per heavy atom. The van der Waals surface area contributed by atoms with Crippen molar-refractivity contribution in [2.24, 2.45) is 0 Å². The van der Waals surface area contributed by atoms with E-state index in [0.717, 1.165) is 4.88 Å². The molecule has 1 aromatic carbocycles. The zero-order chi connectivity index (χ0) is 18.5. The van der Waals surface area contributed by atoms with Crippen LogP contribution in [0.2, 0.25) is 0 Å². The van der Waals surface area contributed by atoms with Crippen LogP contribution in [0.15, 0.2) is 41.8 Å². The summed E-state index contributed by atoms with van der Waals surface area (Å²) in [5.41, 5.74) is 1.30. The van der Waals surface area contributed by atoms with E-state index in [1.165, 1.54) is 4.90 Å². The van der Waals surface area contributed by atoms with Gasteiger partial charge in [0.2, 0.25) is 17.7 Å². The van der Waals surface area contributed by atoms with Crippen molar-refractivity contribution in [1.82, 2.24) is 4.90 Å². The topological polar surface area (TPSA) is 69.7 Å². The molecule has 7 heteroatoms. The van der Waals surface area contributed by atoms with Gasteiger partial charge in [0.25, 0.3) is 0 Å². The minimum Gasteiger partial charge on any atom is -0.338 e. The summed E-state index contributed by atoms with van der Waals surface area (Å²) in [4.78, 5) is 41.2. The van der Waals surface area contributed by atoms with E-state index in [4.69, 9.17) is 0 Å². The first-order valence-electron chi connectivity index (χ1n) is 8.58. The van der Waals surface area contributed by atoms with Crippen molar-refractivity contribution in [3.63, 3.8) is 0 Å². The minimum absolute atomic E-state index is 0.0171. The highest BCUT2D eigenvalue weighted by atomic mass is 32.1. The first kappa shape index (κ1) is 18.1. The van der Waals surface area contributed by atoms with E-state index in [1.807, 2.05) is 30.5 Å². The number of thiophene rings is 1. The van der Waals surface area contributed by atoms with E-state index < -0.39 is 0 Å². The fraction of sp³-hybridized carbons (Fsp3) is 0.316. The maximum absolute atomic E-state index is 12.6. The summed E-state index contributed by atoms with van der Waals surface area (Å²) in [6.07, 6.45) is 0.222. The molecule has 2 heterocycles. The Bertz CT molecular complexity index is 804. The van der Waals surface area contributed by atoms with Crippen LogP contribution >= 0.6 is 11.3 Å². The van der Waals surface area contributed by atoms with Gasteiger partial charge in [-0.15, -0.1) is 11.3 Å². The van der Waals surface area contributed by atoms with Crippen LogP contribution in [0, 0.1) is 0 Å². The van der Waals surface area contributed by atoms with E-state index in [0.29, 0.717) is 24.5 Å². The second kappa shape index (κ2) is 8.14. The highest BCUT2D eigenvalue weighted by Crippen LogP contribution is 2.29. The van der Waals surface area contributed by atoms with E-state index in [1.54, 1.807) is 34.4 Å². The van der Waals surface area contributed by atoms with Crippen molar-refractivity contribution in [1.29, 1.82) is 0 Å². The second-order valence-electron chi connectivity index (χ2n) is 6.03. The Morgan fingerprint density at radius 2 is 2.00 bits per heavy atom. The lowest BCUT2D eigenvalue weighted by molar-refractivity contribution is -0.133. The number of carbonyl (C=O) groups excluding carboxylic acids is 3. The number of amides is 3. The number of carbonyl (C=O) groups is 3. The maximum Gasteiger partial charge on any atom is 0.244 e. The molecule has 0 radical (unpaired) electrons. The van der Waals surface area contributed by atoms with Crippen molar-refractivity contribution < 1.29 is 14.4 Å². The molecule has 2 aromatic rings. The fourth-order valence-corrected chi connectivity index (χ4v) is 3.65. The van der Waals surface area contributed by atoms with E-state index in [-0.39, 0.29) is 37.1 Å². The van der Waals surface area contributed by atoms with E-state index in [2.05, 4.69) is 5.32 Å². The molecule has 0 spiro atoms. The predicted molar refractivity (Wildman–Crippen MR) is 102 cm³/mol. The SMILES string of the molecule is CCN(Cc1cccs1)C(=O)CCC(=O)N1CC(=O)Nc2ccccc21. The highest BCUT2D eigenvalue weighted by Gasteiger charge is 2.27. The third-order valence-corrected chi connectivity index (χ3v) is 5.15. The van der Waals surface area contributed by atoms with Crippen LogP contribution < -0.4 is 10.2 Å².